The molecule has 0 amide bonds. The first-order chi connectivity index (χ1) is 4.80. The van der Waals surface area contributed by atoms with Crippen LogP contribution in [0.4, 0.5) is 21.0 Å². The Morgan fingerprint density at radius 1 is 1.15 bits per heavy atom. The molecular weight excluding hydrogens is 237 g/mol. The molecule has 0 saturated heterocycles. The summed E-state index contributed by atoms with van der Waals surface area (Å²) in [7, 11) is -12.4. The minimum absolute atomic E-state index is 0. The number of hydrogen-bond donors (Lipinski definition) is 1. The molecule has 0 aliphatic carbocycles. The van der Waals surface area contributed by atoms with Gasteiger partial charge in [0.2, 0.25) is 0 Å². The van der Waals surface area contributed by atoms with Crippen molar-refractivity contribution in [2.75, 3.05) is 0 Å². The Kier molecular flexibility index (Phi) is 7.70. The standard InChI is InChI=1S/C2H4O3S.F5P.Li.H/c1-2-6(3,4)5;1-6(2,3,4)5;;/h2H,1H2,(H,3,4,5);;;. The molecule has 0 rings (SSSR count). The predicted octanol–water partition coefficient (Wildman–Crippen LogP) is 2.33. The molecule has 0 aromatic carbocycles. The van der Waals surface area contributed by atoms with Crippen LogP contribution in [0.3, 0.4) is 0 Å². The molecule has 0 aliphatic heterocycles. The van der Waals surface area contributed by atoms with Crippen LogP contribution in [0.5, 0.6) is 0 Å². The van der Waals surface area contributed by atoms with Gasteiger partial charge in [-0.2, -0.15) is 8.42 Å². The first kappa shape index (κ1) is 19.0. The zero-order chi connectivity index (χ0) is 10.7. The third-order valence-electron chi connectivity index (χ3n) is 0.211. The molecular formula is C2H5F5LiO3PS. The van der Waals surface area contributed by atoms with Gasteiger partial charge in [-0.3, -0.25) is 4.55 Å². The summed E-state index contributed by atoms with van der Waals surface area (Å²) >= 11 is 0. The summed E-state index contributed by atoms with van der Waals surface area (Å²) in [6.07, 6.45) is 0. The van der Waals surface area contributed by atoms with Crippen molar-refractivity contribution in [2.24, 2.45) is 0 Å². The molecule has 0 unspecified atom stereocenters. The van der Waals surface area contributed by atoms with Crippen molar-refractivity contribution >= 4 is 37.1 Å². The molecule has 13 heavy (non-hydrogen) atoms. The average molecular weight is 242 g/mol. The van der Waals surface area contributed by atoms with E-state index in [9.17, 15) is 29.4 Å². The van der Waals surface area contributed by atoms with E-state index in [1.807, 2.05) is 0 Å². The first-order valence-electron chi connectivity index (χ1n) is 2.01. The van der Waals surface area contributed by atoms with E-state index in [0.717, 1.165) is 0 Å². The van der Waals surface area contributed by atoms with E-state index in [-0.39, 0.29) is 18.9 Å². The van der Waals surface area contributed by atoms with Gasteiger partial charge in [-0.1, -0.05) is 6.58 Å². The molecule has 0 heterocycles. The zero-order valence-corrected chi connectivity index (χ0v) is 7.00. The summed E-state index contributed by atoms with van der Waals surface area (Å²) in [5.41, 5.74) is 0. The molecule has 3 nitrogen and oxygen atoms in total. The SMILES string of the molecule is C=CS(=O)(=O)O.FP(F)(F)(F)F.[LiH]. The van der Waals surface area contributed by atoms with E-state index < -0.39 is 18.3 Å². The van der Waals surface area contributed by atoms with Crippen LogP contribution in [-0.2, 0) is 10.1 Å². The van der Waals surface area contributed by atoms with E-state index >= 15 is 0 Å². The number of rotatable bonds is 1. The van der Waals surface area contributed by atoms with Gasteiger partial charge in [-0.25, -0.2) is 0 Å². The van der Waals surface area contributed by atoms with Gasteiger partial charge >= 0.3 is 48.0 Å². The van der Waals surface area contributed by atoms with Crippen molar-refractivity contribution in [1.82, 2.24) is 0 Å². The molecule has 0 saturated carbocycles. The Bertz CT molecular complexity index is 226. The van der Waals surface area contributed by atoms with Crippen LogP contribution in [0.2, 0.25) is 0 Å². The van der Waals surface area contributed by atoms with Crippen LogP contribution >= 0.6 is 8.16 Å². The Balaban J connectivity index is -0.000000143. The second-order valence-corrected chi connectivity index (χ2v) is 3.96. The maximum absolute atomic E-state index is 9.84. The maximum atomic E-state index is 9.84. The molecule has 11 heteroatoms. The molecule has 0 spiro atoms. The van der Waals surface area contributed by atoms with E-state index in [0.29, 0.717) is 5.41 Å². The third-order valence-corrected chi connectivity index (χ3v) is 0.632. The van der Waals surface area contributed by atoms with E-state index in [1.54, 1.807) is 0 Å². The van der Waals surface area contributed by atoms with Crippen molar-refractivity contribution in [3.63, 3.8) is 0 Å². The first-order valence-corrected chi connectivity index (χ1v) is 5.20. The molecule has 1 N–H and O–H groups in total. The second-order valence-electron chi connectivity index (χ2n) is 1.32. The quantitative estimate of drug-likeness (QED) is 0.332. The molecule has 0 aliphatic rings. The Labute approximate surface area is 83.5 Å². The van der Waals surface area contributed by atoms with Crippen LogP contribution < -0.4 is 0 Å². The van der Waals surface area contributed by atoms with Crippen molar-refractivity contribution in [3.8, 4) is 0 Å². The fourth-order valence-corrected chi connectivity index (χ4v) is 0. The molecule has 0 aromatic rings. The van der Waals surface area contributed by atoms with Crippen molar-refractivity contribution in [2.45, 2.75) is 0 Å². The zero-order valence-electron chi connectivity index (χ0n) is 5.29. The van der Waals surface area contributed by atoms with Gasteiger partial charge in [-0.05, 0) is 0 Å². The Morgan fingerprint density at radius 3 is 1.23 bits per heavy atom. The topological polar surface area (TPSA) is 54.4 Å². The van der Waals surface area contributed by atoms with Gasteiger partial charge < -0.3 is 0 Å². The average Bonchev–Trinajstić information content (AvgIpc) is 1.56. The van der Waals surface area contributed by atoms with Gasteiger partial charge in [0.1, 0.15) is 0 Å². The molecule has 78 valence electrons. The van der Waals surface area contributed by atoms with Crippen molar-refractivity contribution in [1.29, 1.82) is 0 Å². The van der Waals surface area contributed by atoms with E-state index in [4.69, 9.17) is 4.55 Å². The predicted molar refractivity (Wildman–Crippen MR) is 41.4 cm³/mol. The van der Waals surface area contributed by atoms with Crippen molar-refractivity contribution < 1.29 is 34.0 Å². The minimum atomic E-state index is -8.55. The molecule has 0 bridgehead atoms. The van der Waals surface area contributed by atoms with Crippen LogP contribution in [-0.4, -0.2) is 31.8 Å². The Morgan fingerprint density at radius 2 is 1.23 bits per heavy atom. The summed E-state index contributed by atoms with van der Waals surface area (Å²) in [5, 5.41) is 0.465. The third kappa shape index (κ3) is 119. The fraction of sp³-hybridized carbons (Fsp3) is 0. The molecule has 0 radical (unpaired) electrons. The number of hydrogen-bond acceptors (Lipinski definition) is 2. The van der Waals surface area contributed by atoms with E-state index in [2.05, 4.69) is 6.58 Å². The Hall–Kier alpha value is 0.327. The summed E-state index contributed by atoms with van der Waals surface area (Å²) in [6, 6.07) is 0. The second kappa shape index (κ2) is 5.27. The van der Waals surface area contributed by atoms with Gasteiger partial charge in [0, 0.05) is 0 Å². The molecule has 0 fully saturated rings. The van der Waals surface area contributed by atoms with Crippen LogP contribution in [0.15, 0.2) is 12.0 Å². The fourth-order valence-electron chi connectivity index (χ4n) is 0. The monoisotopic (exact) mass is 242 g/mol. The normalized spacial score (nSPS) is 13.8. The van der Waals surface area contributed by atoms with Gasteiger partial charge in [0.15, 0.2) is 0 Å². The summed E-state index contributed by atoms with van der Waals surface area (Å²) in [5.74, 6) is 0. The van der Waals surface area contributed by atoms with Gasteiger partial charge in [0.05, 0.1) is 5.41 Å². The summed E-state index contributed by atoms with van der Waals surface area (Å²) < 4.78 is 75.8. The van der Waals surface area contributed by atoms with Crippen LogP contribution in [0.25, 0.3) is 0 Å². The molecule has 0 atom stereocenters. The van der Waals surface area contributed by atoms with Crippen molar-refractivity contribution in [3.05, 3.63) is 12.0 Å². The van der Waals surface area contributed by atoms with E-state index in [1.165, 1.54) is 0 Å². The van der Waals surface area contributed by atoms with Crippen LogP contribution in [0.1, 0.15) is 0 Å². The number of halogens is 5. The molecule has 0 aromatic heterocycles. The summed E-state index contributed by atoms with van der Waals surface area (Å²) in [6.45, 7) is 2.79. The van der Waals surface area contributed by atoms with Gasteiger partial charge in [-0.15, -0.1) is 0 Å². The van der Waals surface area contributed by atoms with Gasteiger partial charge in [0.25, 0.3) is 10.1 Å². The summed E-state index contributed by atoms with van der Waals surface area (Å²) in [4.78, 5) is 0. The van der Waals surface area contributed by atoms with Crippen LogP contribution in [0, 0.1) is 0 Å².